The lowest BCUT2D eigenvalue weighted by molar-refractivity contribution is 0.0942. The third-order valence-corrected chi connectivity index (χ3v) is 3.45. The Morgan fingerprint density at radius 1 is 1.65 bits per heavy atom. The number of nitrogens with one attached hydrogen (secondary N) is 2. The summed E-state index contributed by atoms with van der Waals surface area (Å²) in [6.07, 6.45) is 6.04. The highest BCUT2D eigenvalue weighted by atomic mass is 16.1. The SMILES string of the molecule is Cc1[nH]ncc1C(=O)NCC1CCCC(N)C1. The van der Waals surface area contributed by atoms with E-state index in [1.807, 2.05) is 6.92 Å². The molecule has 1 aromatic heterocycles. The van der Waals surface area contributed by atoms with Crippen molar-refractivity contribution in [2.24, 2.45) is 11.7 Å². The van der Waals surface area contributed by atoms with Crippen molar-refractivity contribution in [2.45, 2.75) is 38.6 Å². The van der Waals surface area contributed by atoms with Gasteiger partial charge in [-0.3, -0.25) is 9.89 Å². The van der Waals surface area contributed by atoms with Crippen LogP contribution in [-0.2, 0) is 0 Å². The van der Waals surface area contributed by atoms with E-state index >= 15 is 0 Å². The van der Waals surface area contributed by atoms with Crippen LogP contribution in [0.25, 0.3) is 0 Å². The minimum atomic E-state index is -0.0459. The lowest BCUT2D eigenvalue weighted by Crippen LogP contribution is -2.35. The second-order valence-electron chi connectivity index (χ2n) is 4.91. The van der Waals surface area contributed by atoms with Gasteiger partial charge >= 0.3 is 0 Å². The molecule has 1 saturated carbocycles. The summed E-state index contributed by atoms with van der Waals surface area (Å²) in [6, 6.07) is 0.307. The molecule has 5 heteroatoms. The van der Waals surface area contributed by atoms with Crippen molar-refractivity contribution < 1.29 is 4.79 Å². The molecule has 0 bridgehead atoms. The van der Waals surface area contributed by atoms with Crippen molar-refractivity contribution in [3.63, 3.8) is 0 Å². The van der Waals surface area contributed by atoms with E-state index in [0.29, 0.717) is 17.5 Å². The van der Waals surface area contributed by atoms with Crippen LogP contribution in [0.5, 0.6) is 0 Å². The van der Waals surface area contributed by atoms with Crippen molar-refractivity contribution in [1.29, 1.82) is 0 Å². The molecule has 0 spiro atoms. The van der Waals surface area contributed by atoms with Gasteiger partial charge in [-0.05, 0) is 32.1 Å². The molecule has 0 aliphatic heterocycles. The highest BCUT2D eigenvalue weighted by Gasteiger charge is 2.20. The Kier molecular flexibility index (Phi) is 3.78. The average molecular weight is 236 g/mol. The fourth-order valence-corrected chi connectivity index (χ4v) is 2.43. The molecular weight excluding hydrogens is 216 g/mol. The Morgan fingerprint density at radius 2 is 2.47 bits per heavy atom. The Hall–Kier alpha value is -1.36. The molecule has 1 aromatic rings. The normalized spacial score (nSPS) is 24.6. The van der Waals surface area contributed by atoms with Crippen LogP contribution in [0.1, 0.15) is 41.7 Å². The Balaban J connectivity index is 1.82. The summed E-state index contributed by atoms with van der Waals surface area (Å²) < 4.78 is 0. The zero-order chi connectivity index (χ0) is 12.3. The van der Waals surface area contributed by atoms with Crippen molar-refractivity contribution in [3.05, 3.63) is 17.5 Å². The minimum Gasteiger partial charge on any atom is -0.352 e. The summed E-state index contributed by atoms with van der Waals surface area (Å²) in [4.78, 5) is 11.8. The van der Waals surface area contributed by atoms with Gasteiger partial charge in [0.05, 0.1) is 11.8 Å². The van der Waals surface area contributed by atoms with Crippen molar-refractivity contribution >= 4 is 5.91 Å². The van der Waals surface area contributed by atoms with Crippen molar-refractivity contribution in [2.75, 3.05) is 6.54 Å². The van der Waals surface area contributed by atoms with E-state index < -0.39 is 0 Å². The van der Waals surface area contributed by atoms with E-state index in [2.05, 4.69) is 15.5 Å². The molecule has 1 heterocycles. The van der Waals surface area contributed by atoms with Gasteiger partial charge in [0.25, 0.3) is 5.91 Å². The number of hydrogen-bond acceptors (Lipinski definition) is 3. The molecule has 1 amide bonds. The van der Waals surface area contributed by atoms with Crippen LogP contribution in [0.3, 0.4) is 0 Å². The lowest BCUT2D eigenvalue weighted by atomic mass is 9.86. The van der Waals surface area contributed by atoms with Gasteiger partial charge in [-0.2, -0.15) is 5.10 Å². The summed E-state index contributed by atoms with van der Waals surface area (Å²) in [5.74, 6) is 0.477. The second-order valence-corrected chi connectivity index (χ2v) is 4.91. The quantitative estimate of drug-likeness (QED) is 0.731. The molecule has 4 N–H and O–H groups in total. The number of rotatable bonds is 3. The van der Waals surface area contributed by atoms with Crippen LogP contribution in [0.4, 0.5) is 0 Å². The monoisotopic (exact) mass is 236 g/mol. The summed E-state index contributed by atoms with van der Waals surface area (Å²) in [7, 11) is 0. The highest BCUT2D eigenvalue weighted by molar-refractivity contribution is 5.94. The predicted molar refractivity (Wildman–Crippen MR) is 65.6 cm³/mol. The number of amides is 1. The molecule has 17 heavy (non-hydrogen) atoms. The van der Waals surface area contributed by atoms with Gasteiger partial charge in [-0.25, -0.2) is 0 Å². The highest BCUT2D eigenvalue weighted by Crippen LogP contribution is 2.22. The molecule has 2 atom stereocenters. The van der Waals surface area contributed by atoms with E-state index in [0.717, 1.165) is 25.1 Å². The van der Waals surface area contributed by atoms with E-state index in [9.17, 15) is 4.79 Å². The van der Waals surface area contributed by atoms with Crippen molar-refractivity contribution in [3.8, 4) is 0 Å². The number of aromatic nitrogens is 2. The van der Waals surface area contributed by atoms with Gasteiger partial charge in [-0.15, -0.1) is 0 Å². The Bertz CT molecular complexity index is 388. The average Bonchev–Trinajstić information content (AvgIpc) is 2.72. The first kappa shape index (κ1) is 12.1. The largest absolute Gasteiger partial charge is 0.352 e. The number of H-pyrrole nitrogens is 1. The van der Waals surface area contributed by atoms with E-state index in [1.54, 1.807) is 6.20 Å². The molecular formula is C12H20N4O. The molecule has 0 saturated heterocycles. The minimum absolute atomic E-state index is 0.0459. The topological polar surface area (TPSA) is 83.8 Å². The molecule has 1 aliphatic rings. The second kappa shape index (κ2) is 5.31. The molecule has 1 fully saturated rings. The van der Waals surface area contributed by atoms with Crippen LogP contribution < -0.4 is 11.1 Å². The number of aromatic amines is 1. The number of hydrogen-bond donors (Lipinski definition) is 3. The maximum Gasteiger partial charge on any atom is 0.254 e. The number of carbonyl (C=O) groups is 1. The van der Waals surface area contributed by atoms with Crippen LogP contribution >= 0.6 is 0 Å². The maximum atomic E-state index is 11.8. The summed E-state index contributed by atoms with van der Waals surface area (Å²) in [6.45, 7) is 2.57. The number of aryl methyl sites for hydroxylation is 1. The molecule has 1 aliphatic carbocycles. The predicted octanol–water partition coefficient (Wildman–Crippen LogP) is 0.965. The third kappa shape index (κ3) is 3.06. The van der Waals surface area contributed by atoms with Gasteiger partial charge in [0.15, 0.2) is 0 Å². The third-order valence-electron chi connectivity index (χ3n) is 3.45. The molecule has 5 nitrogen and oxygen atoms in total. The fraction of sp³-hybridized carbons (Fsp3) is 0.667. The standard InChI is InChI=1S/C12H20N4O/c1-8-11(7-15-16-8)12(17)14-6-9-3-2-4-10(13)5-9/h7,9-10H,2-6,13H2,1H3,(H,14,17)(H,15,16). The first-order valence-electron chi connectivity index (χ1n) is 6.20. The number of carbonyl (C=O) groups excluding carboxylic acids is 1. The van der Waals surface area contributed by atoms with Crippen LogP contribution in [0.2, 0.25) is 0 Å². The maximum absolute atomic E-state index is 11.8. The zero-order valence-electron chi connectivity index (χ0n) is 10.2. The summed E-state index contributed by atoms with van der Waals surface area (Å²) in [5.41, 5.74) is 7.36. The first-order chi connectivity index (χ1) is 8.16. The fourth-order valence-electron chi connectivity index (χ4n) is 2.43. The molecule has 2 unspecified atom stereocenters. The molecule has 94 valence electrons. The van der Waals surface area contributed by atoms with Gasteiger partial charge < -0.3 is 11.1 Å². The van der Waals surface area contributed by atoms with E-state index in [1.165, 1.54) is 12.8 Å². The van der Waals surface area contributed by atoms with E-state index in [-0.39, 0.29) is 5.91 Å². The lowest BCUT2D eigenvalue weighted by Gasteiger charge is -2.26. The zero-order valence-corrected chi connectivity index (χ0v) is 10.2. The smallest absolute Gasteiger partial charge is 0.254 e. The molecule has 0 radical (unpaired) electrons. The first-order valence-corrected chi connectivity index (χ1v) is 6.20. The van der Waals surface area contributed by atoms with Crippen LogP contribution in [0.15, 0.2) is 6.20 Å². The van der Waals surface area contributed by atoms with Gasteiger partial charge in [0.1, 0.15) is 0 Å². The number of nitrogens with two attached hydrogens (primary N) is 1. The van der Waals surface area contributed by atoms with Gasteiger partial charge in [0.2, 0.25) is 0 Å². The Labute approximate surface area is 101 Å². The number of nitrogens with zero attached hydrogens (tertiary/aromatic N) is 1. The molecule has 0 aromatic carbocycles. The van der Waals surface area contributed by atoms with Gasteiger partial charge in [-0.1, -0.05) is 6.42 Å². The van der Waals surface area contributed by atoms with Gasteiger partial charge in [0, 0.05) is 18.3 Å². The molecule has 2 rings (SSSR count). The Morgan fingerprint density at radius 3 is 3.12 bits per heavy atom. The summed E-state index contributed by atoms with van der Waals surface area (Å²) in [5, 5.41) is 9.57. The van der Waals surface area contributed by atoms with E-state index in [4.69, 9.17) is 5.73 Å². The van der Waals surface area contributed by atoms with Crippen LogP contribution in [-0.4, -0.2) is 28.7 Å². The van der Waals surface area contributed by atoms with Crippen molar-refractivity contribution in [1.82, 2.24) is 15.5 Å². The summed E-state index contributed by atoms with van der Waals surface area (Å²) >= 11 is 0. The van der Waals surface area contributed by atoms with Crippen LogP contribution in [0, 0.1) is 12.8 Å².